The number of likely N-dealkylation sites (tertiary alicyclic amines) is 1. The molecule has 4 rings (SSSR count). The Hall–Kier alpha value is -2.72. The van der Waals surface area contributed by atoms with E-state index in [1.807, 2.05) is 9.80 Å². The van der Waals surface area contributed by atoms with E-state index in [0.29, 0.717) is 41.9 Å². The van der Waals surface area contributed by atoms with E-state index in [-0.39, 0.29) is 29.8 Å². The van der Waals surface area contributed by atoms with Crippen LogP contribution in [-0.2, 0) is 9.59 Å². The number of rotatable bonds is 5. The molecule has 2 aliphatic heterocycles. The fourth-order valence-electron chi connectivity index (χ4n) is 4.26. The van der Waals surface area contributed by atoms with Crippen molar-refractivity contribution < 1.29 is 14.0 Å². The molecule has 0 unspecified atom stereocenters. The third-order valence-corrected chi connectivity index (χ3v) is 5.90. The molecule has 2 aliphatic rings. The van der Waals surface area contributed by atoms with Crippen LogP contribution in [0.3, 0.4) is 0 Å². The number of anilines is 1. The zero-order chi connectivity index (χ0) is 21.3. The van der Waals surface area contributed by atoms with Crippen molar-refractivity contribution in [1.82, 2.24) is 24.9 Å². The summed E-state index contributed by atoms with van der Waals surface area (Å²) in [5, 5.41) is 10.1. The number of nitrogens with zero attached hydrogens (tertiary/aromatic N) is 4. The highest BCUT2D eigenvalue weighted by atomic mass is 16.4. The van der Waals surface area contributed by atoms with E-state index >= 15 is 0 Å². The Kier molecular flexibility index (Phi) is 5.87. The van der Waals surface area contributed by atoms with Gasteiger partial charge in [0.15, 0.2) is 0 Å². The van der Waals surface area contributed by atoms with Crippen molar-refractivity contribution in [2.75, 3.05) is 57.7 Å². The fraction of sp³-hybridized carbons (Fsp3) is 0.600. The lowest BCUT2D eigenvalue weighted by atomic mass is 10.2. The summed E-state index contributed by atoms with van der Waals surface area (Å²) < 4.78 is 5.64. The lowest BCUT2D eigenvalue weighted by Crippen LogP contribution is -2.51. The molecule has 0 aromatic carbocycles. The van der Waals surface area contributed by atoms with Gasteiger partial charge in [0.1, 0.15) is 11.1 Å². The molecule has 30 heavy (non-hydrogen) atoms. The fourth-order valence-corrected chi connectivity index (χ4v) is 4.26. The molecule has 0 bridgehead atoms. The first-order valence-corrected chi connectivity index (χ1v) is 10.4. The zero-order valence-corrected chi connectivity index (χ0v) is 17.5. The second kappa shape index (κ2) is 8.57. The van der Waals surface area contributed by atoms with Gasteiger partial charge in [-0.15, -0.1) is 0 Å². The van der Waals surface area contributed by atoms with Crippen molar-refractivity contribution in [3.63, 3.8) is 0 Å². The van der Waals surface area contributed by atoms with Crippen LogP contribution in [0.25, 0.3) is 10.8 Å². The number of aromatic nitrogens is 2. The number of nitrogens with one attached hydrogen (secondary N) is 2. The molecule has 162 valence electrons. The summed E-state index contributed by atoms with van der Waals surface area (Å²) in [7, 11) is 0. The molecule has 0 spiro atoms. The van der Waals surface area contributed by atoms with Gasteiger partial charge in [-0.05, 0) is 26.7 Å². The minimum atomic E-state index is -0.390. The Morgan fingerprint density at radius 3 is 2.30 bits per heavy atom. The number of H-pyrrole nitrogens is 1. The number of hydrogen-bond acceptors (Lipinski definition) is 7. The van der Waals surface area contributed by atoms with Crippen LogP contribution < -0.4 is 10.9 Å². The number of aromatic amines is 1. The summed E-state index contributed by atoms with van der Waals surface area (Å²) in [6.45, 7) is 8.85. The van der Waals surface area contributed by atoms with E-state index in [0.717, 1.165) is 39.0 Å². The second-order valence-corrected chi connectivity index (χ2v) is 8.06. The van der Waals surface area contributed by atoms with Gasteiger partial charge in [-0.2, -0.15) is 5.10 Å². The SMILES string of the molecule is Cc1n[nH]c(=O)c2c(NC(=O)CN3CCN(CC(=O)N4CCCC4)CC3)oc(C)c12. The van der Waals surface area contributed by atoms with Crippen LogP contribution in [0, 0.1) is 13.8 Å². The van der Waals surface area contributed by atoms with E-state index < -0.39 is 0 Å². The monoisotopic (exact) mass is 416 g/mol. The Labute approximate surface area is 174 Å². The van der Waals surface area contributed by atoms with E-state index in [4.69, 9.17) is 4.42 Å². The third-order valence-electron chi connectivity index (χ3n) is 5.90. The number of furan rings is 1. The zero-order valence-electron chi connectivity index (χ0n) is 17.5. The maximum atomic E-state index is 12.5. The molecule has 0 radical (unpaired) electrons. The molecule has 2 saturated heterocycles. The summed E-state index contributed by atoms with van der Waals surface area (Å²) in [4.78, 5) is 43.2. The highest BCUT2D eigenvalue weighted by molar-refractivity contribution is 6.01. The van der Waals surface area contributed by atoms with Crippen molar-refractivity contribution in [1.29, 1.82) is 0 Å². The summed E-state index contributed by atoms with van der Waals surface area (Å²) in [5.74, 6) is 0.677. The molecule has 2 aromatic heterocycles. The predicted molar refractivity (Wildman–Crippen MR) is 111 cm³/mol. The van der Waals surface area contributed by atoms with Crippen LogP contribution in [0.4, 0.5) is 5.88 Å². The minimum Gasteiger partial charge on any atom is -0.444 e. The van der Waals surface area contributed by atoms with Crippen molar-refractivity contribution >= 4 is 28.5 Å². The van der Waals surface area contributed by atoms with Crippen molar-refractivity contribution in [3.05, 3.63) is 21.8 Å². The first-order chi connectivity index (χ1) is 14.4. The van der Waals surface area contributed by atoms with E-state index in [9.17, 15) is 14.4 Å². The van der Waals surface area contributed by atoms with Gasteiger partial charge in [-0.25, -0.2) is 5.10 Å². The van der Waals surface area contributed by atoms with Crippen molar-refractivity contribution in [2.45, 2.75) is 26.7 Å². The highest BCUT2D eigenvalue weighted by Gasteiger charge is 2.25. The Morgan fingerprint density at radius 2 is 1.63 bits per heavy atom. The number of amides is 2. The molecule has 0 aliphatic carbocycles. The minimum absolute atomic E-state index is 0.161. The summed E-state index contributed by atoms with van der Waals surface area (Å²) in [6, 6.07) is 0. The second-order valence-electron chi connectivity index (χ2n) is 8.06. The van der Waals surface area contributed by atoms with Gasteiger partial charge >= 0.3 is 0 Å². The number of carbonyl (C=O) groups excluding carboxylic acids is 2. The quantitative estimate of drug-likeness (QED) is 0.721. The Balaban J connectivity index is 1.31. The smallest absolute Gasteiger partial charge is 0.277 e. The Bertz CT molecular complexity index is 999. The largest absolute Gasteiger partial charge is 0.444 e. The molecule has 0 saturated carbocycles. The molecule has 2 N–H and O–H groups in total. The van der Waals surface area contributed by atoms with Crippen LogP contribution in [0.1, 0.15) is 24.3 Å². The molecule has 0 atom stereocenters. The van der Waals surface area contributed by atoms with Gasteiger partial charge < -0.3 is 9.32 Å². The number of aryl methyl sites for hydroxylation is 2. The van der Waals surface area contributed by atoms with Crippen molar-refractivity contribution in [3.8, 4) is 0 Å². The van der Waals surface area contributed by atoms with Crippen LogP contribution >= 0.6 is 0 Å². The van der Waals surface area contributed by atoms with Gasteiger partial charge in [0, 0.05) is 39.3 Å². The van der Waals surface area contributed by atoms with E-state index in [1.54, 1.807) is 13.8 Å². The average Bonchev–Trinajstić information content (AvgIpc) is 3.35. The predicted octanol–water partition coefficient (Wildman–Crippen LogP) is 0.311. The molecule has 10 heteroatoms. The third kappa shape index (κ3) is 4.24. The summed E-state index contributed by atoms with van der Waals surface area (Å²) >= 11 is 0. The lowest BCUT2D eigenvalue weighted by molar-refractivity contribution is -0.132. The summed E-state index contributed by atoms with van der Waals surface area (Å²) in [6.07, 6.45) is 2.20. The van der Waals surface area contributed by atoms with Gasteiger partial charge in [0.05, 0.1) is 24.2 Å². The number of hydrogen-bond donors (Lipinski definition) is 2. The first-order valence-electron chi connectivity index (χ1n) is 10.4. The average molecular weight is 416 g/mol. The molecule has 10 nitrogen and oxygen atoms in total. The number of carbonyl (C=O) groups is 2. The molecular formula is C20H28N6O4. The van der Waals surface area contributed by atoms with Crippen LogP contribution in [-0.4, -0.2) is 89.1 Å². The molecule has 2 fully saturated rings. The normalized spacial score (nSPS) is 18.3. The van der Waals surface area contributed by atoms with Crippen LogP contribution in [0.2, 0.25) is 0 Å². The number of fused-ring (bicyclic) bond motifs is 1. The van der Waals surface area contributed by atoms with E-state index in [1.165, 1.54) is 0 Å². The van der Waals surface area contributed by atoms with Gasteiger partial charge in [0.25, 0.3) is 5.56 Å². The van der Waals surface area contributed by atoms with Crippen molar-refractivity contribution in [2.24, 2.45) is 0 Å². The topological polar surface area (TPSA) is 115 Å². The Morgan fingerprint density at radius 1 is 1.00 bits per heavy atom. The van der Waals surface area contributed by atoms with E-state index in [2.05, 4.69) is 20.4 Å². The maximum Gasteiger partial charge on any atom is 0.277 e. The molecular weight excluding hydrogens is 388 g/mol. The van der Waals surface area contributed by atoms with Gasteiger partial charge in [-0.3, -0.25) is 29.5 Å². The molecule has 4 heterocycles. The lowest BCUT2D eigenvalue weighted by Gasteiger charge is -2.34. The number of piperazine rings is 1. The van der Waals surface area contributed by atoms with Gasteiger partial charge in [-0.1, -0.05) is 0 Å². The van der Waals surface area contributed by atoms with Crippen LogP contribution in [0.5, 0.6) is 0 Å². The highest BCUT2D eigenvalue weighted by Crippen LogP contribution is 2.28. The molecule has 2 aromatic rings. The summed E-state index contributed by atoms with van der Waals surface area (Å²) in [5.41, 5.74) is 0.255. The standard InChI is InChI=1S/C20H28N6O4/c1-13-17-14(2)30-20(18(17)19(29)23-22-13)21-15(27)11-24-7-9-25(10-8-24)12-16(28)26-5-3-4-6-26/h3-12H2,1-2H3,(H,21,27)(H,23,29). The first kappa shape index (κ1) is 20.5. The van der Waals surface area contributed by atoms with Gasteiger partial charge in [0.2, 0.25) is 17.7 Å². The maximum absolute atomic E-state index is 12.5. The van der Waals surface area contributed by atoms with Crippen LogP contribution in [0.15, 0.2) is 9.21 Å². The molecule has 2 amide bonds.